The third-order valence-corrected chi connectivity index (χ3v) is 6.86. The number of carbonyl (C=O) groups excluding carboxylic acids is 3. The third-order valence-electron chi connectivity index (χ3n) is 5.82. The van der Waals surface area contributed by atoms with Crippen molar-refractivity contribution in [2.75, 3.05) is 6.54 Å². The molecule has 4 rings (SSSR count). The molecule has 0 bridgehead atoms. The lowest BCUT2D eigenvalue weighted by molar-refractivity contribution is -0.141. The fourth-order valence-electron chi connectivity index (χ4n) is 4.24. The number of carbonyl (C=O) groups is 3. The fraction of sp³-hybridized carbons (Fsp3) is 0.417. The molecule has 1 N–H and O–H groups in total. The normalized spacial score (nSPS) is 17.1. The molecule has 3 aromatic rings. The smallest absolute Gasteiger partial charge is 0.246 e. The Morgan fingerprint density at radius 2 is 1.94 bits per heavy atom. The first-order valence-corrected chi connectivity index (χ1v) is 11.8. The quantitative estimate of drug-likeness (QED) is 0.596. The van der Waals surface area contributed by atoms with Crippen molar-refractivity contribution >= 4 is 33.9 Å². The first-order chi connectivity index (χ1) is 15.3. The minimum absolute atomic E-state index is 0.00443. The summed E-state index contributed by atoms with van der Waals surface area (Å²) in [5.74, 6) is -0.479. The minimum Gasteiger partial charge on any atom is -0.344 e. The molecule has 1 aliphatic rings. The highest BCUT2D eigenvalue weighted by Gasteiger charge is 2.38. The molecule has 0 spiro atoms. The van der Waals surface area contributed by atoms with Crippen LogP contribution in [0.3, 0.4) is 0 Å². The number of rotatable bonds is 7. The lowest BCUT2D eigenvalue weighted by Gasteiger charge is -2.30. The number of nitrogens with zero attached hydrogens (tertiary/aromatic N) is 3. The second-order valence-corrected chi connectivity index (χ2v) is 9.65. The standard InChI is InChI=1S/C24H28N4O3S/c1-15(2)22(25-16(3)29)23(31)28-11-7-10-19(28)20(30)12-18-13-27-14-21(32-24(27)26-18)17-8-5-4-6-9-17/h4-6,8-9,13-15,19,22H,7,10-12H2,1-3H3,(H,25,29)/t19-,22-/m0/s1. The lowest BCUT2D eigenvalue weighted by Crippen LogP contribution is -2.53. The van der Waals surface area contributed by atoms with E-state index in [4.69, 9.17) is 0 Å². The number of ketones is 1. The van der Waals surface area contributed by atoms with Crippen molar-refractivity contribution < 1.29 is 14.4 Å². The molecule has 168 valence electrons. The molecule has 0 aliphatic carbocycles. The summed E-state index contributed by atoms with van der Waals surface area (Å²) in [5, 5.41) is 2.74. The SMILES string of the molecule is CC(=O)N[C@H](C(=O)N1CCC[C@H]1C(=O)Cc1cn2cc(-c3ccccc3)sc2n1)C(C)C. The van der Waals surface area contributed by atoms with Crippen LogP contribution in [-0.4, -0.2) is 50.5 Å². The fourth-order valence-corrected chi connectivity index (χ4v) is 5.23. The number of amides is 2. The van der Waals surface area contributed by atoms with Gasteiger partial charge in [0.25, 0.3) is 0 Å². The van der Waals surface area contributed by atoms with E-state index in [0.717, 1.165) is 21.8 Å². The maximum absolute atomic E-state index is 13.1. The number of likely N-dealkylation sites (tertiary alicyclic amines) is 1. The van der Waals surface area contributed by atoms with Crippen LogP contribution in [0.5, 0.6) is 0 Å². The molecule has 0 radical (unpaired) electrons. The van der Waals surface area contributed by atoms with E-state index < -0.39 is 12.1 Å². The predicted molar refractivity (Wildman–Crippen MR) is 124 cm³/mol. The molecule has 32 heavy (non-hydrogen) atoms. The Hall–Kier alpha value is -3.00. The van der Waals surface area contributed by atoms with E-state index in [0.29, 0.717) is 18.7 Å². The van der Waals surface area contributed by atoms with E-state index in [2.05, 4.69) is 22.4 Å². The molecule has 2 atom stereocenters. The van der Waals surface area contributed by atoms with Gasteiger partial charge in [0.15, 0.2) is 10.7 Å². The summed E-state index contributed by atoms with van der Waals surface area (Å²) in [6.07, 6.45) is 5.55. The molecular weight excluding hydrogens is 424 g/mol. The van der Waals surface area contributed by atoms with Crippen LogP contribution in [0.4, 0.5) is 0 Å². The first-order valence-electron chi connectivity index (χ1n) is 11.0. The molecule has 0 unspecified atom stereocenters. The maximum Gasteiger partial charge on any atom is 0.246 e. The monoisotopic (exact) mass is 452 g/mol. The predicted octanol–water partition coefficient (Wildman–Crippen LogP) is 3.33. The van der Waals surface area contributed by atoms with Gasteiger partial charge in [0.2, 0.25) is 11.8 Å². The van der Waals surface area contributed by atoms with Gasteiger partial charge < -0.3 is 10.2 Å². The van der Waals surface area contributed by atoms with Crippen LogP contribution in [0, 0.1) is 5.92 Å². The Morgan fingerprint density at radius 1 is 1.19 bits per heavy atom. The number of nitrogens with one attached hydrogen (secondary N) is 1. The van der Waals surface area contributed by atoms with Gasteiger partial charge in [-0.3, -0.25) is 18.8 Å². The summed E-state index contributed by atoms with van der Waals surface area (Å²) in [4.78, 5) is 46.0. The Kier molecular flexibility index (Phi) is 6.41. The van der Waals surface area contributed by atoms with Crippen molar-refractivity contribution in [2.45, 2.75) is 52.1 Å². The van der Waals surface area contributed by atoms with E-state index in [9.17, 15) is 14.4 Å². The maximum atomic E-state index is 13.1. The van der Waals surface area contributed by atoms with Crippen LogP contribution >= 0.6 is 11.3 Å². The van der Waals surface area contributed by atoms with Crippen LogP contribution in [0.1, 0.15) is 39.3 Å². The van der Waals surface area contributed by atoms with Crippen molar-refractivity contribution in [3.05, 3.63) is 48.4 Å². The van der Waals surface area contributed by atoms with E-state index in [-0.39, 0.29) is 29.9 Å². The van der Waals surface area contributed by atoms with Crippen LogP contribution in [-0.2, 0) is 20.8 Å². The van der Waals surface area contributed by atoms with Gasteiger partial charge in [-0.25, -0.2) is 4.98 Å². The molecule has 1 fully saturated rings. The number of thiazole rings is 1. The minimum atomic E-state index is -0.616. The van der Waals surface area contributed by atoms with Crippen LogP contribution in [0.2, 0.25) is 0 Å². The summed E-state index contributed by atoms with van der Waals surface area (Å²) >= 11 is 1.58. The molecule has 0 saturated carbocycles. The van der Waals surface area contributed by atoms with Gasteiger partial charge in [0, 0.05) is 25.9 Å². The van der Waals surface area contributed by atoms with Gasteiger partial charge >= 0.3 is 0 Å². The molecule has 3 heterocycles. The van der Waals surface area contributed by atoms with E-state index in [1.807, 2.05) is 48.8 Å². The van der Waals surface area contributed by atoms with Crippen molar-refractivity contribution in [2.24, 2.45) is 5.92 Å². The summed E-state index contributed by atoms with van der Waals surface area (Å²) in [5.41, 5.74) is 1.85. The Balaban J connectivity index is 1.46. The molecule has 1 aromatic carbocycles. The van der Waals surface area contributed by atoms with Gasteiger partial charge in [-0.2, -0.15) is 0 Å². The van der Waals surface area contributed by atoms with Gasteiger partial charge in [0.1, 0.15) is 6.04 Å². The molecule has 8 heteroatoms. The topological polar surface area (TPSA) is 83.8 Å². The van der Waals surface area contributed by atoms with Crippen molar-refractivity contribution in [1.82, 2.24) is 19.6 Å². The van der Waals surface area contributed by atoms with E-state index in [1.54, 1.807) is 16.2 Å². The van der Waals surface area contributed by atoms with Gasteiger partial charge in [-0.15, -0.1) is 0 Å². The highest BCUT2D eigenvalue weighted by molar-refractivity contribution is 7.20. The molecule has 1 aliphatic heterocycles. The largest absolute Gasteiger partial charge is 0.344 e. The second kappa shape index (κ2) is 9.24. The number of hydrogen-bond acceptors (Lipinski definition) is 5. The zero-order valence-corrected chi connectivity index (χ0v) is 19.4. The molecule has 2 amide bonds. The highest BCUT2D eigenvalue weighted by atomic mass is 32.1. The van der Waals surface area contributed by atoms with Crippen molar-refractivity contribution in [3.8, 4) is 10.4 Å². The Labute approximate surface area is 191 Å². The van der Waals surface area contributed by atoms with Crippen LogP contribution < -0.4 is 5.32 Å². The van der Waals surface area contributed by atoms with Crippen LogP contribution in [0.15, 0.2) is 42.7 Å². The van der Waals surface area contributed by atoms with E-state index in [1.165, 1.54) is 6.92 Å². The zero-order chi connectivity index (χ0) is 22.8. The number of hydrogen-bond donors (Lipinski definition) is 1. The first kappa shape index (κ1) is 22.2. The average Bonchev–Trinajstić information content (AvgIpc) is 3.46. The zero-order valence-electron chi connectivity index (χ0n) is 18.6. The summed E-state index contributed by atoms with van der Waals surface area (Å²) < 4.78 is 1.96. The van der Waals surface area contributed by atoms with E-state index >= 15 is 0 Å². The van der Waals surface area contributed by atoms with Crippen molar-refractivity contribution in [3.63, 3.8) is 0 Å². The number of aromatic nitrogens is 2. The third kappa shape index (κ3) is 4.60. The summed E-state index contributed by atoms with van der Waals surface area (Å²) in [6, 6.07) is 9.05. The number of fused-ring (bicyclic) bond motifs is 1. The number of imidazole rings is 1. The number of benzene rings is 1. The molecule has 7 nitrogen and oxygen atoms in total. The van der Waals surface area contributed by atoms with Gasteiger partial charge in [-0.1, -0.05) is 55.5 Å². The summed E-state index contributed by atoms with van der Waals surface area (Å²) in [7, 11) is 0. The Bertz CT molecular complexity index is 1100. The summed E-state index contributed by atoms with van der Waals surface area (Å²) in [6.45, 7) is 5.74. The average molecular weight is 453 g/mol. The molecule has 2 aromatic heterocycles. The number of Topliss-reactive ketones (excluding diaryl/α,β-unsaturated/α-hetero) is 1. The highest BCUT2D eigenvalue weighted by Crippen LogP contribution is 2.29. The molecule has 1 saturated heterocycles. The molecular formula is C24H28N4O3S. The second-order valence-electron chi connectivity index (χ2n) is 8.64. The van der Waals surface area contributed by atoms with Gasteiger partial charge in [0.05, 0.1) is 23.0 Å². The Morgan fingerprint density at radius 3 is 2.59 bits per heavy atom. The van der Waals surface area contributed by atoms with Crippen LogP contribution in [0.25, 0.3) is 15.4 Å². The lowest BCUT2D eigenvalue weighted by atomic mass is 10.0. The van der Waals surface area contributed by atoms with Crippen molar-refractivity contribution in [1.29, 1.82) is 0 Å². The van der Waals surface area contributed by atoms with Gasteiger partial charge in [-0.05, 0) is 24.3 Å².